The molecule has 2 aliphatic rings. The van der Waals surface area contributed by atoms with Crippen LogP contribution in [0.15, 0.2) is 24.3 Å². The molecule has 1 aromatic carbocycles. The van der Waals surface area contributed by atoms with Crippen molar-refractivity contribution in [3.05, 3.63) is 35.4 Å². The van der Waals surface area contributed by atoms with Gasteiger partial charge in [-0.1, -0.05) is 17.7 Å². The number of nitrogens with one attached hydrogen (secondary N) is 1. The van der Waals surface area contributed by atoms with Crippen LogP contribution in [-0.4, -0.2) is 65.8 Å². The molecule has 0 bridgehead atoms. The molecule has 3 N–H and O–H groups in total. The molecular weight excluding hydrogens is 332 g/mol. The first-order chi connectivity index (χ1) is 12.5. The predicted octanol–water partition coefficient (Wildman–Crippen LogP) is 0.275. The second-order valence-corrected chi connectivity index (χ2v) is 7.01. The fourth-order valence-electron chi connectivity index (χ4n) is 3.63. The molecule has 2 saturated heterocycles. The van der Waals surface area contributed by atoms with Gasteiger partial charge >= 0.3 is 0 Å². The lowest BCUT2D eigenvalue weighted by molar-refractivity contribution is -0.152. The van der Waals surface area contributed by atoms with Gasteiger partial charge in [0.25, 0.3) is 5.91 Å². The van der Waals surface area contributed by atoms with Gasteiger partial charge in [-0.25, -0.2) is 0 Å². The van der Waals surface area contributed by atoms with Crippen LogP contribution >= 0.6 is 0 Å². The van der Waals surface area contributed by atoms with Crippen molar-refractivity contribution < 1.29 is 14.4 Å². The first-order valence-electron chi connectivity index (χ1n) is 9.18. The Hall–Kier alpha value is -2.41. The molecule has 0 unspecified atom stereocenters. The van der Waals surface area contributed by atoms with E-state index in [0.717, 1.165) is 18.4 Å². The van der Waals surface area contributed by atoms with Gasteiger partial charge in [-0.2, -0.15) is 0 Å². The number of piperazine rings is 2. The number of fused-ring (bicyclic) bond motifs is 1. The molecule has 7 heteroatoms. The Bertz CT molecular complexity index is 706. The first-order valence-corrected chi connectivity index (χ1v) is 9.18. The van der Waals surface area contributed by atoms with Crippen LogP contribution in [0.25, 0.3) is 0 Å². The molecule has 26 heavy (non-hydrogen) atoms. The van der Waals surface area contributed by atoms with Crippen molar-refractivity contribution >= 4 is 17.7 Å². The van der Waals surface area contributed by atoms with Gasteiger partial charge in [-0.15, -0.1) is 0 Å². The Morgan fingerprint density at radius 2 is 2.08 bits per heavy atom. The van der Waals surface area contributed by atoms with E-state index >= 15 is 0 Å². The second kappa shape index (κ2) is 7.86. The molecule has 0 saturated carbocycles. The van der Waals surface area contributed by atoms with Gasteiger partial charge in [-0.3, -0.25) is 14.4 Å². The van der Waals surface area contributed by atoms with Gasteiger partial charge in [0.15, 0.2) is 0 Å². The van der Waals surface area contributed by atoms with Crippen molar-refractivity contribution in [1.82, 2.24) is 15.1 Å². The fraction of sp³-hybridized carbons (Fsp3) is 0.526. The lowest BCUT2D eigenvalue weighted by Gasteiger charge is -2.45. The number of unbranched alkanes of at least 4 members (excludes halogenated alkanes) is 1. The highest BCUT2D eigenvalue weighted by atomic mass is 16.2. The molecule has 3 rings (SSSR count). The first kappa shape index (κ1) is 18.4. The largest absolute Gasteiger partial charge is 0.342 e. The number of benzene rings is 1. The van der Waals surface area contributed by atoms with Gasteiger partial charge in [0, 0.05) is 18.7 Å². The number of aryl methyl sites for hydroxylation is 1. The van der Waals surface area contributed by atoms with E-state index in [1.165, 1.54) is 0 Å². The highest BCUT2D eigenvalue weighted by Gasteiger charge is 2.43. The molecule has 7 nitrogen and oxygen atoms in total. The van der Waals surface area contributed by atoms with Gasteiger partial charge in [0.1, 0.15) is 12.1 Å². The predicted molar refractivity (Wildman–Crippen MR) is 97.4 cm³/mol. The third kappa shape index (κ3) is 3.72. The van der Waals surface area contributed by atoms with Crippen LogP contribution in [-0.2, 0) is 9.59 Å². The van der Waals surface area contributed by atoms with Crippen molar-refractivity contribution in [2.45, 2.75) is 38.3 Å². The maximum Gasteiger partial charge on any atom is 0.254 e. The number of hydrogen-bond acceptors (Lipinski definition) is 4. The average molecular weight is 358 g/mol. The van der Waals surface area contributed by atoms with Crippen molar-refractivity contribution in [3.63, 3.8) is 0 Å². The van der Waals surface area contributed by atoms with Gasteiger partial charge in [0.2, 0.25) is 11.8 Å². The van der Waals surface area contributed by atoms with E-state index in [2.05, 4.69) is 5.32 Å². The van der Waals surface area contributed by atoms with E-state index in [1.807, 2.05) is 25.1 Å². The maximum absolute atomic E-state index is 12.7. The molecule has 1 aromatic rings. The van der Waals surface area contributed by atoms with E-state index < -0.39 is 12.1 Å². The molecular formula is C19H26N4O3. The average Bonchev–Trinajstić information content (AvgIpc) is 2.65. The van der Waals surface area contributed by atoms with E-state index in [4.69, 9.17) is 5.73 Å². The standard InChI is InChI=1S/C19H26N4O3/c1-13-5-4-6-14(11-13)18(25)22-9-10-23-16(12-22)17(24)21-15(19(23)26)7-2-3-8-20/h4-6,11,15-16H,2-3,7-10,12,20H2,1H3,(H,21,24)/t15-,16+/m0/s1. The Morgan fingerprint density at radius 3 is 2.81 bits per heavy atom. The fourth-order valence-corrected chi connectivity index (χ4v) is 3.63. The number of amides is 3. The smallest absolute Gasteiger partial charge is 0.254 e. The molecule has 0 aliphatic carbocycles. The number of hydrogen-bond donors (Lipinski definition) is 2. The SMILES string of the molecule is Cc1cccc(C(=O)N2CCN3C(=O)[C@H](CCCCN)NC(=O)[C@H]3C2)c1. The minimum Gasteiger partial charge on any atom is -0.342 e. The summed E-state index contributed by atoms with van der Waals surface area (Å²) in [5, 5.41) is 2.82. The van der Waals surface area contributed by atoms with Gasteiger partial charge in [-0.05, 0) is 44.9 Å². The third-order valence-electron chi connectivity index (χ3n) is 5.08. The Kier molecular flexibility index (Phi) is 5.56. The minimum absolute atomic E-state index is 0.0470. The topological polar surface area (TPSA) is 95.7 Å². The quantitative estimate of drug-likeness (QED) is 0.739. The summed E-state index contributed by atoms with van der Waals surface area (Å²) in [6, 6.07) is 6.34. The normalized spacial score (nSPS) is 22.8. The van der Waals surface area contributed by atoms with Crippen molar-refractivity contribution in [3.8, 4) is 0 Å². The van der Waals surface area contributed by atoms with E-state index in [-0.39, 0.29) is 24.3 Å². The molecule has 0 radical (unpaired) electrons. The zero-order chi connectivity index (χ0) is 18.7. The monoisotopic (exact) mass is 358 g/mol. The number of carbonyl (C=O) groups is 3. The Labute approximate surface area is 153 Å². The summed E-state index contributed by atoms with van der Waals surface area (Å²) in [4.78, 5) is 41.2. The third-order valence-corrected chi connectivity index (χ3v) is 5.08. The summed E-state index contributed by atoms with van der Waals surface area (Å²) in [6.45, 7) is 3.59. The summed E-state index contributed by atoms with van der Waals surface area (Å²) >= 11 is 0. The van der Waals surface area contributed by atoms with Crippen LogP contribution in [0.3, 0.4) is 0 Å². The minimum atomic E-state index is -0.601. The highest BCUT2D eigenvalue weighted by Crippen LogP contribution is 2.20. The number of rotatable bonds is 5. The maximum atomic E-state index is 12.7. The van der Waals surface area contributed by atoms with Crippen LogP contribution in [0.5, 0.6) is 0 Å². The molecule has 0 aromatic heterocycles. The van der Waals surface area contributed by atoms with E-state index in [1.54, 1.807) is 15.9 Å². The van der Waals surface area contributed by atoms with Crippen LogP contribution in [0.1, 0.15) is 35.2 Å². The number of nitrogens with two attached hydrogens (primary N) is 1. The second-order valence-electron chi connectivity index (χ2n) is 7.01. The molecule has 140 valence electrons. The molecule has 3 amide bonds. The van der Waals surface area contributed by atoms with Crippen LogP contribution < -0.4 is 11.1 Å². The summed E-state index contributed by atoms with van der Waals surface area (Å²) in [5.41, 5.74) is 7.12. The van der Waals surface area contributed by atoms with Crippen LogP contribution in [0.4, 0.5) is 0 Å². The molecule has 2 fully saturated rings. The van der Waals surface area contributed by atoms with Gasteiger partial charge < -0.3 is 20.9 Å². The van der Waals surface area contributed by atoms with E-state index in [0.29, 0.717) is 31.6 Å². The van der Waals surface area contributed by atoms with Crippen molar-refractivity contribution in [2.75, 3.05) is 26.2 Å². The van der Waals surface area contributed by atoms with Crippen molar-refractivity contribution in [1.29, 1.82) is 0 Å². The zero-order valence-corrected chi connectivity index (χ0v) is 15.1. The van der Waals surface area contributed by atoms with Crippen LogP contribution in [0.2, 0.25) is 0 Å². The highest BCUT2D eigenvalue weighted by molar-refractivity contribution is 5.99. The molecule has 0 spiro atoms. The zero-order valence-electron chi connectivity index (χ0n) is 15.1. The summed E-state index contributed by atoms with van der Waals surface area (Å²) in [6.07, 6.45) is 2.25. The lowest BCUT2D eigenvalue weighted by atomic mass is 9.99. The molecule has 2 aliphatic heterocycles. The Morgan fingerprint density at radius 1 is 1.27 bits per heavy atom. The van der Waals surface area contributed by atoms with Gasteiger partial charge in [0.05, 0.1) is 6.54 Å². The molecule has 2 atom stereocenters. The summed E-state index contributed by atoms with van der Waals surface area (Å²) < 4.78 is 0. The van der Waals surface area contributed by atoms with E-state index in [9.17, 15) is 14.4 Å². The Balaban J connectivity index is 1.67. The molecule has 2 heterocycles. The van der Waals surface area contributed by atoms with Crippen LogP contribution in [0, 0.1) is 6.92 Å². The summed E-state index contributed by atoms with van der Waals surface area (Å²) in [7, 11) is 0. The number of carbonyl (C=O) groups excluding carboxylic acids is 3. The summed E-state index contributed by atoms with van der Waals surface area (Å²) in [5.74, 6) is -0.322. The van der Waals surface area contributed by atoms with Crippen molar-refractivity contribution in [2.24, 2.45) is 5.73 Å². The number of nitrogens with zero attached hydrogens (tertiary/aromatic N) is 2. The lowest BCUT2D eigenvalue weighted by Crippen LogP contribution is -2.69.